The predicted octanol–water partition coefficient (Wildman–Crippen LogP) is 5.02. The highest BCUT2D eigenvalue weighted by molar-refractivity contribution is 9.10. The normalized spacial score (nSPS) is 10.6. The van der Waals surface area contributed by atoms with Crippen LogP contribution in [0.2, 0.25) is 0 Å². The van der Waals surface area contributed by atoms with Gasteiger partial charge in [0.2, 0.25) is 0 Å². The third-order valence-corrected chi connectivity index (χ3v) is 5.65. The number of para-hydroxylation sites is 1. The van der Waals surface area contributed by atoms with Gasteiger partial charge < -0.3 is 19.8 Å². The van der Waals surface area contributed by atoms with Crippen LogP contribution in [0.15, 0.2) is 82.0 Å². The summed E-state index contributed by atoms with van der Waals surface area (Å²) in [4.78, 5) is 25.5. The third kappa shape index (κ3) is 5.74. The monoisotopic (exact) mass is 522 g/mol. The fourth-order valence-corrected chi connectivity index (χ4v) is 3.58. The molecule has 2 amide bonds. The Labute approximate surface area is 205 Å². The van der Waals surface area contributed by atoms with Crippen LogP contribution in [-0.4, -0.2) is 21.6 Å². The Morgan fingerprint density at radius 2 is 1.85 bits per heavy atom. The molecule has 2 N–H and O–H groups in total. The van der Waals surface area contributed by atoms with E-state index in [4.69, 9.17) is 9.15 Å². The van der Waals surface area contributed by atoms with Crippen LogP contribution >= 0.6 is 15.9 Å². The predicted molar refractivity (Wildman–Crippen MR) is 131 cm³/mol. The summed E-state index contributed by atoms with van der Waals surface area (Å²) >= 11 is 3.46. The molecule has 4 rings (SSSR count). The van der Waals surface area contributed by atoms with Crippen molar-refractivity contribution in [3.05, 3.63) is 100 Å². The lowest BCUT2D eigenvalue weighted by atomic mass is 10.1. The highest BCUT2D eigenvalue weighted by Gasteiger charge is 2.19. The number of carbonyl (C=O) groups is 2. The van der Waals surface area contributed by atoms with Gasteiger partial charge >= 0.3 is 0 Å². The topological polar surface area (TPSA) is 98.4 Å². The first kappa shape index (κ1) is 23.3. The zero-order chi connectivity index (χ0) is 23.9. The van der Waals surface area contributed by atoms with E-state index in [2.05, 4.69) is 31.7 Å². The number of furan rings is 1. The zero-order valence-electron chi connectivity index (χ0n) is 18.5. The molecule has 0 aliphatic rings. The Kier molecular flexibility index (Phi) is 7.44. The molecular formula is C25H23BrN4O4. The van der Waals surface area contributed by atoms with Gasteiger partial charge in [0.15, 0.2) is 5.69 Å². The van der Waals surface area contributed by atoms with Crippen LogP contribution in [0.5, 0.6) is 5.75 Å². The Hall–Kier alpha value is -3.85. The quantitative estimate of drug-likeness (QED) is 0.321. The Morgan fingerprint density at radius 1 is 1.06 bits per heavy atom. The average molecular weight is 523 g/mol. The van der Waals surface area contributed by atoms with Crippen LogP contribution in [0.4, 0.5) is 5.69 Å². The van der Waals surface area contributed by atoms with Crippen LogP contribution in [0.3, 0.4) is 0 Å². The maximum atomic E-state index is 12.8. The van der Waals surface area contributed by atoms with Crippen molar-refractivity contribution in [1.29, 1.82) is 0 Å². The van der Waals surface area contributed by atoms with Gasteiger partial charge in [0.05, 0.1) is 23.0 Å². The van der Waals surface area contributed by atoms with E-state index in [0.29, 0.717) is 30.2 Å². The number of hydrogen-bond acceptors (Lipinski definition) is 5. The van der Waals surface area contributed by atoms with Gasteiger partial charge in [-0.1, -0.05) is 24.3 Å². The van der Waals surface area contributed by atoms with Gasteiger partial charge in [0, 0.05) is 18.3 Å². The van der Waals surface area contributed by atoms with Crippen molar-refractivity contribution in [3.8, 4) is 5.75 Å². The van der Waals surface area contributed by atoms with E-state index in [0.717, 1.165) is 15.8 Å². The molecule has 2 heterocycles. The van der Waals surface area contributed by atoms with E-state index in [-0.39, 0.29) is 18.1 Å². The number of aryl methyl sites for hydroxylation is 1. The van der Waals surface area contributed by atoms with Gasteiger partial charge in [-0.05, 0) is 64.8 Å². The summed E-state index contributed by atoms with van der Waals surface area (Å²) < 4.78 is 13.5. The summed E-state index contributed by atoms with van der Waals surface area (Å²) in [7, 11) is 0. The molecule has 2 aromatic heterocycles. The minimum Gasteiger partial charge on any atom is -0.488 e. The Balaban J connectivity index is 1.40. The molecule has 4 aromatic rings. The van der Waals surface area contributed by atoms with Crippen molar-refractivity contribution in [1.82, 2.24) is 15.1 Å². The number of ether oxygens (including phenoxy) is 1. The summed E-state index contributed by atoms with van der Waals surface area (Å²) in [6.45, 7) is 3.05. The molecule has 0 unspecified atom stereocenters. The zero-order valence-corrected chi connectivity index (χ0v) is 20.0. The summed E-state index contributed by atoms with van der Waals surface area (Å²) in [6, 6.07) is 18.2. The number of nitrogens with one attached hydrogen (secondary N) is 2. The summed E-state index contributed by atoms with van der Waals surface area (Å²) in [6.07, 6.45) is 3.18. The van der Waals surface area contributed by atoms with Gasteiger partial charge in [-0.15, -0.1) is 0 Å². The van der Waals surface area contributed by atoms with E-state index in [1.165, 1.54) is 6.26 Å². The number of anilines is 1. The molecule has 34 heavy (non-hydrogen) atoms. The largest absolute Gasteiger partial charge is 0.488 e. The summed E-state index contributed by atoms with van der Waals surface area (Å²) in [5, 5.41) is 9.84. The second-order valence-electron chi connectivity index (χ2n) is 7.38. The number of aromatic nitrogens is 2. The molecule has 2 aromatic carbocycles. The van der Waals surface area contributed by atoms with Crippen LogP contribution < -0.4 is 15.4 Å². The van der Waals surface area contributed by atoms with Gasteiger partial charge in [0.25, 0.3) is 11.8 Å². The molecule has 0 fully saturated rings. The Bertz CT molecular complexity index is 1270. The highest BCUT2D eigenvalue weighted by Crippen LogP contribution is 2.25. The minimum atomic E-state index is -0.404. The van der Waals surface area contributed by atoms with Crippen molar-refractivity contribution in [2.45, 2.75) is 26.6 Å². The molecule has 0 radical (unpaired) electrons. The molecule has 0 spiro atoms. The molecule has 9 heteroatoms. The molecule has 0 saturated heterocycles. The second-order valence-corrected chi connectivity index (χ2v) is 8.23. The van der Waals surface area contributed by atoms with Crippen LogP contribution in [0.1, 0.15) is 39.1 Å². The maximum absolute atomic E-state index is 12.8. The number of rotatable bonds is 9. The third-order valence-electron chi connectivity index (χ3n) is 5.00. The maximum Gasteiger partial charge on any atom is 0.274 e. The lowest BCUT2D eigenvalue weighted by Gasteiger charge is -2.09. The molecule has 0 bridgehead atoms. The number of halogens is 1. The van der Waals surface area contributed by atoms with E-state index in [1.807, 2.05) is 43.3 Å². The van der Waals surface area contributed by atoms with Crippen molar-refractivity contribution in [3.63, 3.8) is 0 Å². The van der Waals surface area contributed by atoms with E-state index >= 15 is 0 Å². The highest BCUT2D eigenvalue weighted by atomic mass is 79.9. The number of benzene rings is 2. The van der Waals surface area contributed by atoms with E-state index in [1.54, 1.807) is 35.1 Å². The number of nitrogens with zero attached hydrogens (tertiary/aromatic N) is 2. The fourth-order valence-electron chi connectivity index (χ4n) is 3.18. The van der Waals surface area contributed by atoms with Gasteiger partial charge in [-0.3, -0.25) is 14.3 Å². The van der Waals surface area contributed by atoms with Gasteiger partial charge in [0.1, 0.15) is 18.1 Å². The smallest absolute Gasteiger partial charge is 0.274 e. The molecule has 0 aliphatic heterocycles. The molecule has 8 nitrogen and oxygen atoms in total. The number of carbonyl (C=O) groups excluding carboxylic acids is 2. The second kappa shape index (κ2) is 10.8. The van der Waals surface area contributed by atoms with Gasteiger partial charge in [-0.25, -0.2) is 0 Å². The lowest BCUT2D eigenvalue weighted by molar-refractivity contribution is 0.0943. The van der Waals surface area contributed by atoms with Crippen molar-refractivity contribution >= 4 is 33.4 Å². The molecule has 174 valence electrons. The number of hydrogen-bond donors (Lipinski definition) is 2. The summed E-state index contributed by atoms with van der Waals surface area (Å²) in [5.74, 6) is 0.625. The standard InChI is InChI=1S/C25H23BrN4O4/c1-2-30-15-21(23(29-30)25(32)27-14-19-6-5-13-33-19)28-24(31)18-11-9-17(10-12-18)16-34-22-8-4-3-7-20(22)26/h3-13,15H,2,14,16H2,1H3,(H,27,32)(H,28,31). The van der Waals surface area contributed by atoms with Gasteiger partial charge in [-0.2, -0.15) is 5.10 Å². The van der Waals surface area contributed by atoms with Crippen molar-refractivity contribution in [2.75, 3.05) is 5.32 Å². The van der Waals surface area contributed by atoms with Crippen LogP contribution in [-0.2, 0) is 19.7 Å². The summed E-state index contributed by atoms with van der Waals surface area (Å²) in [5.41, 5.74) is 1.85. The lowest BCUT2D eigenvalue weighted by Crippen LogP contribution is -2.25. The molecular weight excluding hydrogens is 500 g/mol. The molecule has 0 aliphatic carbocycles. The van der Waals surface area contributed by atoms with Crippen LogP contribution in [0, 0.1) is 0 Å². The first-order chi connectivity index (χ1) is 16.5. The number of amides is 2. The molecule has 0 saturated carbocycles. The first-order valence-corrected chi connectivity index (χ1v) is 11.5. The van der Waals surface area contributed by atoms with Crippen LogP contribution in [0.25, 0.3) is 0 Å². The SMILES string of the molecule is CCn1cc(NC(=O)c2ccc(COc3ccccc3Br)cc2)c(C(=O)NCc2ccco2)n1. The first-order valence-electron chi connectivity index (χ1n) is 10.7. The minimum absolute atomic E-state index is 0.139. The Morgan fingerprint density at radius 3 is 2.56 bits per heavy atom. The molecule has 0 atom stereocenters. The average Bonchev–Trinajstić information content (AvgIpc) is 3.52. The van der Waals surface area contributed by atoms with E-state index < -0.39 is 5.91 Å². The fraction of sp³-hybridized carbons (Fsp3) is 0.160. The van der Waals surface area contributed by atoms with Crippen molar-refractivity contribution in [2.24, 2.45) is 0 Å². The van der Waals surface area contributed by atoms with Crippen molar-refractivity contribution < 1.29 is 18.7 Å². The van der Waals surface area contributed by atoms with E-state index in [9.17, 15) is 9.59 Å².